The first-order chi connectivity index (χ1) is 8.79. The molecule has 104 valence electrons. The molecule has 0 spiro atoms. The summed E-state index contributed by atoms with van der Waals surface area (Å²) in [6.45, 7) is 2.66. The molecule has 0 heterocycles. The highest BCUT2D eigenvalue weighted by molar-refractivity contribution is 5.03. The number of hydrogen-bond donors (Lipinski definition) is 2. The van der Waals surface area contributed by atoms with Crippen LogP contribution in [0.5, 0.6) is 0 Å². The fourth-order valence-corrected chi connectivity index (χ4v) is 3.59. The first-order valence-electron chi connectivity index (χ1n) is 7.73. The largest absolute Gasteiger partial charge is 0.383 e. The Morgan fingerprint density at radius 2 is 1.78 bits per heavy atom. The van der Waals surface area contributed by atoms with Crippen molar-refractivity contribution in [3.63, 3.8) is 0 Å². The summed E-state index contributed by atoms with van der Waals surface area (Å²) >= 11 is 0. The zero-order valence-corrected chi connectivity index (χ0v) is 11.7. The Bertz CT molecular complexity index is 272. The molecule has 0 aromatic heterocycles. The minimum Gasteiger partial charge on any atom is -0.383 e. The van der Waals surface area contributed by atoms with Gasteiger partial charge in [0.1, 0.15) is 0 Å². The SMILES string of the molecule is COCC(CN)(NCC(C1CC1)C1CC1)C1CC1. The second-order valence-corrected chi connectivity index (χ2v) is 6.79. The van der Waals surface area contributed by atoms with Crippen LogP contribution in [0.15, 0.2) is 0 Å². The second kappa shape index (κ2) is 5.10. The summed E-state index contributed by atoms with van der Waals surface area (Å²) in [7, 11) is 1.80. The summed E-state index contributed by atoms with van der Waals surface area (Å²) in [5.74, 6) is 3.71. The normalized spacial score (nSPS) is 27.5. The van der Waals surface area contributed by atoms with E-state index in [2.05, 4.69) is 5.32 Å². The van der Waals surface area contributed by atoms with Crippen molar-refractivity contribution in [3.8, 4) is 0 Å². The van der Waals surface area contributed by atoms with Crippen molar-refractivity contribution >= 4 is 0 Å². The number of methoxy groups -OCH3 is 1. The number of nitrogens with two attached hydrogens (primary N) is 1. The molecular formula is C15H28N2O. The Kier molecular flexibility index (Phi) is 3.65. The molecule has 3 nitrogen and oxygen atoms in total. The van der Waals surface area contributed by atoms with E-state index in [1.54, 1.807) is 7.11 Å². The van der Waals surface area contributed by atoms with Crippen molar-refractivity contribution in [1.82, 2.24) is 5.32 Å². The number of hydrogen-bond acceptors (Lipinski definition) is 3. The molecule has 0 bridgehead atoms. The average Bonchev–Trinajstić information content (AvgIpc) is 3.22. The Morgan fingerprint density at radius 1 is 1.17 bits per heavy atom. The average molecular weight is 252 g/mol. The standard InChI is InChI=1S/C15H28N2O/c1-18-10-15(9-16,13-6-7-13)17-8-14(11-2-3-11)12-4-5-12/h11-14,17H,2-10,16H2,1H3. The van der Waals surface area contributed by atoms with Gasteiger partial charge >= 0.3 is 0 Å². The van der Waals surface area contributed by atoms with Crippen molar-refractivity contribution in [2.24, 2.45) is 29.4 Å². The molecule has 3 aliphatic rings. The number of rotatable bonds is 9. The van der Waals surface area contributed by atoms with E-state index < -0.39 is 0 Å². The van der Waals surface area contributed by atoms with Crippen LogP contribution in [0.2, 0.25) is 0 Å². The summed E-state index contributed by atoms with van der Waals surface area (Å²) in [6, 6.07) is 0. The monoisotopic (exact) mass is 252 g/mol. The quantitative estimate of drug-likeness (QED) is 0.657. The van der Waals surface area contributed by atoms with E-state index in [1.165, 1.54) is 45.1 Å². The van der Waals surface area contributed by atoms with Gasteiger partial charge in [-0.15, -0.1) is 0 Å². The fourth-order valence-electron chi connectivity index (χ4n) is 3.59. The molecule has 0 radical (unpaired) electrons. The third-order valence-corrected chi connectivity index (χ3v) is 5.27. The van der Waals surface area contributed by atoms with E-state index in [4.69, 9.17) is 10.5 Å². The van der Waals surface area contributed by atoms with Gasteiger partial charge in [-0.25, -0.2) is 0 Å². The van der Waals surface area contributed by atoms with Gasteiger partial charge in [0.2, 0.25) is 0 Å². The Balaban J connectivity index is 1.57. The van der Waals surface area contributed by atoms with Gasteiger partial charge in [-0.1, -0.05) is 0 Å². The van der Waals surface area contributed by atoms with Crippen LogP contribution in [0.4, 0.5) is 0 Å². The first-order valence-corrected chi connectivity index (χ1v) is 7.73. The van der Waals surface area contributed by atoms with Crippen molar-refractivity contribution in [3.05, 3.63) is 0 Å². The molecule has 0 aromatic rings. The summed E-state index contributed by atoms with van der Waals surface area (Å²) < 4.78 is 5.44. The zero-order chi connectivity index (χ0) is 12.6. The molecule has 3 saturated carbocycles. The van der Waals surface area contributed by atoms with E-state index in [1.807, 2.05) is 0 Å². The maximum absolute atomic E-state index is 6.06. The van der Waals surface area contributed by atoms with Crippen molar-refractivity contribution < 1.29 is 4.74 Å². The molecular weight excluding hydrogens is 224 g/mol. The summed E-state index contributed by atoms with van der Waals surface area (Å²) in [5.41, 5.74) is 6.13. The minimum atomic E-state index is 0.0663. The lowest BCUT2D eigenvalue weighted by Crippen LogP contribution is -2.57. The van der Waals surface area contributed by atoms with E-state index in [9.17, 15) is 0 Å². The zero-order valence-electron chi connectivity index (χ0n) is 11.7. The van der Waals surface area contributed by atoms with Crippen LogP contribution >= 0.6 is 0 Å². The van der Waals surface area contributed by atoms with Crippen LogP contribution < -0.4 is 11.1 Å². The molecule has 3 rings (SSSR count). The van der Waals surface area contributed by atoms with Crippen molar-refractivity contribution in [2.75, 3.05) is 26.8 Å². The molecule has 0 amide bonds. The predicted molar refractivity (Wildman–Crippen MR) is 73.3 cm³/mol. The summed E-state index contributed by atoms with van der Waals surface area (Å²) in [4.78, 5) is 0. The van der Waals surface area contributed by atoms with Gasteiger partial charge in [0.25, 0.3) is 0 Å². The third-order valence-electron chi connectivity index (χ3n) is 5.27. The lowest BCUT2D eigenvalue weighted by molar-refractivity contribution is 0.0932. The molecule has 0 saturated heterocycles. The van der Waals surface area contributed by atoms with Crippen LogP contribution in [0.3, 0.4) is 0 Å². The molecule has 1 atom stereocenters. The molecule has 3 fully saturated rings. The smallest absolute Gasteiger partial charge is 0.0659 e. The lowest BCUT2D eigenvalue weighted by atomic mass is 9.91. The minimum absolute atomic E-state index is 0.0663. The van der Waals surface area contributed by atoms with Gasteiger partial charge in [-0.3, -0.25) is 0 Å². The van der Waals surface area contributed by atoms with Crippen LogP contribution in [0, 0.1) is 23.7 Å². The maximum Gasteiger partial charge on any atom is 0.0659 e. The van der Waals surface area contributed by atoms with Gasteiger partial charge in [0, 0.05) is 13.7 Å². The van der Waals surface area contributed by atoms with Crippen LogP contribution in [0.25, 0.3) is 0 Å². The van der Waals surface area contributed by atoms with Gasteiger partial charge < -0.3 is 15.8 Å². The third kappa shape index (κ3) is 2.73. The molecule has 3 heteroatoms. The van der Waals surface area contributed by atoms with Gasteiger partial charge in [-0.2, -0.15) is 0 Å². The van der Waals surface area contributed by atoms with Crippen LogP contribution in [-0.4, -0.2) is 32.3 Å². The van der Waals surface area contributed by atoms with Gasteiger partial charge in [0.15, 0.2) is 0 Å². The van der Waals surface area contributed by atoms with Gasteiger partial charge in [0.05, 0.1) is 12.1 Å². The van der Waals surface area contributed by atoms with Gasteiger partial charge in [-0.05, 0) is 68.7 Å². The lowest BCUT2D eigenvalue weighted by Gasteiger charge is -2.35. The predicted octanol–water partition coefficient (Wildman–Crippen LogP) is 1.77. The molecule has 0 aliphatic heterocycles. The summed E-state index contributed by atoms with van der Waals surface area (Å²) in [6.07, 6.45) is 8.51. The molecule has 1 unspecified atom stereocenters. The van der Waals surface area contributed by atoms with E-state index in [0.717, 1.165) is 30.3 Å². The molecule has 3 N–H and O–H groups in total. The molecule has 3 aliphatic carbocycles. The number of ether oxygens (including phenoxy) is 1. The second-order valence-electron chi connectivity index (χ2n) is 6.79. The highest BCUT2D eigenvalue weighted by atomic mass is 16.5. The van der Waals surface area contributed by atoms with Crippen molar-refractivity contribution in [1.29, 1.82) is 0 Å². The van der Waals surface area contributed by atoms with E-state index in [-0.39, 0.29) is 5.54 Å². The fraction of sp³-hybridized carbons (Fsp3) is 1.00. The van der Waals surface area contributed by atoms with Crippen LogP contribution in [0.1, 0.15) is 38.5 Å². The molecule has 18 heavy (non-hydrogen) atoms. The van der Waals surface area contributed by atoms with E-state index >= 15 is 0 Å². The Morgan fingerprint density at radius 3 is 2.17 bits per heavy atom. The Hall–Kier alpha value is -0.120. The molecule has 0 aromatic carbocycles. The van der Waals surface area contributed by atoms with Crippen LogP contribution in [-0.2, 0) is 4.74 Å². The topological polar surface area (TPSA) is 47.3 Å². The highest BCUT2D eigenvalue weighted by Crippen LogP contribution is 2.49. The summed E-state index contributed by atoms with van der Waals surface area (Å²) in [5, 5.41) is 3.84. The van der Waals surface area contributed by atoms with Crippen molar-refractivity contribution in [2.45, 2.75) is 44.1 Å². The first kappa shape index (κ1) is 12.9. The number of nitrogens with one attached hydrogen (secondary N) is 1. The Labute approximate surface area is 111 Å². The van der Waals surface area contributed by atoms with E-state index in [0.29, 0.717) is 6.54 Å². The highest BCUT2D eigenvalue weighted by Gasteiger charge is 2.47. The maximum atomic E-state index is 6.06.